The lowest BCUT2D eigenvalue weighted by atomic mass is 10.3. The molecular weight excluding hydrogens is 265 g/mol. The Bertz CT molecular complexity index is 404. The van der Waals surface area contributed by atoms with E-state index in [4.69, 9.17) is 12.2 Å². The number of halogens is 3. The molecule has 0 aliphatic rings. The first-order valence-electron chi connectivity index (χ1n) is 5.19. The Morgan fingerprint density at radius 3 is 2.22 bits per heavy atom. The van der Waals surface area contributed by atoms with E-state index in [0.717, 1.165) is 0 Å². The molecule has 0 aliphatic carbocycles. The summed E-state index contributed by atoms with van der Waals surface area (Å²) in [6.07, 6.45) is -4.68. The Labute approximate surface area is 108 Å². The van der Waals surface area contributed by atoms with Gasteiger partial charge in [-0.1, -0.05) is 0 Å². The van der Waals surface area contributed by atoms with Crippen molar-refractivity contribution in [1.29, 1.82) is 0 Å². The molecule has 0 unspecified atom stereocenters. The molecule has 0 atom stereocenters. The number of hydrogen-bond acceptors (Lipinski definition) is 2. The fourth-order valence-electron chi connectivity index (χ4n) is 1.17. The van der Waals surface area contributed by atoms with Crippen LogP contribution < -0.4 is 15.4 Å². The van der Waals surface area contributed by atoms with Crippen LogP contribution in [0.15, 0.2) is 24.3 Å². The molecule has 0 saturated carbocycles. The van der Waals surface area contributed by atoms with Crippen LogP contribution in [0.3, 0.4) is 0 Å². The van der Waals surface area contributed by atoms with Crippen LogP contribution in [-0.4, -0.2) is 17.5 Å². The van der Waals surface area contributed by atoms with Gasteiger partial charge < -0.3 is 15.4 Å². The molecule has 0 spiro atoms. The van der Waals surface area contributed by atoms with E-state index in [1.54, 1.807) is 0 Å². The van der Waals surface area contributed by atoms with E-state index in [0.29, 0.717) is 10.8 Å². The highest BCUT2D eigenvalue weighted by Crippen LogP contribution is 2.23. The van der Waals surface area contributed by atoms with E-state index in [-0.39, 0.29) is 11.8 Å². The second-order valence-corrected chi connectivity index (χ2v) is 4.23. The van der Waals surface area contributed by atoms with Crippen molar-refractivity contribution in [3.05, 3.63) is 24.3 Å². The maximum absolute atomic E-state index is 11.9. The SMILES string of the molecule is CC(C)NC(=S)Nc1ccc(OC(F)(F)F)cc1. The summed E-state index contributed by atoms with van der Waals surface area (Å²) in [4.78, 5) is 0. The lowest BCUT2D eigenvalue weighted by molar-refractivity contribution is -0.274. The van der Waals surface area contributed by atoms with Gasteiger partial charge in [0, 0.05) is 11.7 Å². The summed E-state index contributed by atoms with van der Waals surface area (Å²) in [5.74, 6) is -0.268. The standard InChI is InChI=1S/C11H13F3N2OS/c1-7(2)15-10(18)16-8-3-5-9(6-4-8)17-11(12,13)14/h3-7H,1-2H3,(H2,15,16,18). The van der Waals surface area contributed by atoms with Gasteiger partial charge in [-0.2, -0.15) is 0 Å². The Balaban J connectivity index is 2.58. The number of alkyl halides is 3. The lowest BCUT2D eigenvalue weighted by Crippen LogP contribution is -2.33. The third kappa shape index (κ3) is 5.72. The Kier molecular flexibility index (Phi) is 4.77. The molecule has 100 valence electrons. The predicted octanol–water partition coefficient (Wildman–Crippen LogP) is 3.28. The third-order valence-corrected chi connectivity index (χ3v) is 1.99. The van der Waals surface area contributed by atoms with Crippen molar-refractivity contribution in [2.45, 2.75) is 26.3 Å². The van der Waals surface area contributed by atoms with E-state index in [1.807, 2.05) is 13.8 Å². The molecule has 0 bridgehead atoms. The number of nitrogens with one attached hydrogen (secondary N) is 2. The molecule has 3 nitrogen and oxygen atoms in total. The highest BCUT2D eigenvalue weighted by Gasteiger charge is 2.30. The minimum atomic E-state index is -4.68. The first-order chi connectivity index (χ1) is 8.26. The van der Waals surface area contributed by atoms with Crippen LogP contribution in [0.25, 0.3) is 0 Å². The first kappa shape index (κ1) is 14.6. The van der Waals surface area contributed by atoms with E-state index in [1.165, 1.54) is 24.3 Å². The number of ether oxygens (including phenoxy) is 1. The summed E-state index contributed by atoms with van der Waals surface area (Å²) in [7, 11) is 0. The number of anilines is 1. The molecule has 0 aromatic heterocycles. The number of benzene rings is 1. The second kappa shape index (κ2) is 5.90. The fraction of sp³-hybridized carbons (Fsp3) is 0.364. The normalized spacial score (nSPS) is 11.2. The van der Waals surface area contributed by atoms with E-state index < -0.39 is 6.36 Å². The molecule has 0 amide bonds. The van der Waals surface area contributed by atoms with E-state index >= 15 is 0 Å². The number of thiocarbonyl (C=S) groups is 1. The molecular formula is C11H13F3N2OS. The van der Waals surface area contributed by atoms with Crippen molar-refractivity contribution in [2.24, 2.45) is 0 Å². The summed E-state index contributed by atoms with van der Waals surface area (Å²) in [5.41, 5.74) is 0.586. The molecule has 7 heteroatoms. The smallest absolute Gasteiger partial charge is 0.406 e. The largest absolute Gasteiger partial charge is 0.573 e. The Morgan fingerprint density at radius 2 is 1.78 bits per heavy atom. The number of hydrogen-bond donors (Lipinski definition) is 2. The highest BCUT2D eigenvalue weighted by atomic mass is 32.1. The molecule has 0 aliphatic heterocycles. The van der Waals surface area contributed by atoms with Crippen LogP contribution >= 0.6 is 12.2 Å². The Hall–Kier alpha value is -1.50. The van der Waals surface area contributed by atoms with Crippen molar-refractivity contribution in [3.8, 4) is 5.75 Å². The maximum atomic E-state index is 11.9. The predicted molar refractivity (Wildman–Crippen MR) is 67.6 cm³/mol. The molecule has 18 heavy (non-hydrogen) atoms. The van der Waals surface area contributed by atoms with Gasteiger partial charge in [0.15, 0.2) is 5.11 Å². The topological polar surface area (TPSA) is 33.3 Å². The minimum absolute atomic E-state index is 0.179. The van der Waals surface area contributed by atoms with Crippen molar-refractivity contribution in [3.63, 3.8) is 0 Å². The van der Waals surface area contributed by atoms with Crippen molar-refractivity contribution in [2.75, 3.05) is 5.32 Å². The molecule has 2 N–H and O–H groups in total. The summed E-state index contributed by atoms with van der Waals surface area (Å²) in [6.45, 7) is 3.85. The van der Waals surface area contributed by atoms with Crippen LogP contribution in [0, 0.1) is 0 Å². The van der Waals surface area contributed by atoms with Gasteiger partial charge in [-0.15, -0.1) is 13.2 Å². The number of rotatable bonds is 3. The molecule has 0 fully saturated rings. The van der Waals surface area contributed by atoms with Gasteiger partial charge in [-0.05, 0) is 50.3 Å². The second-order valence-electron chi connectivity index (χ2n) is 3.83. The van der Waals surface area contributed by atoms with Crippen LogP contribution in [0.2, 0.25) is 0 Å². The van der Waals surface area contributed by atoms with Gasteiger partial charge in [0.2, 0.25) is 0 Å². The zero-order chi connectivity index (χ0) is 13.8. The van der Waals surface area contributed by atoms with E-state index in [9.17, 15) is 13.2 Å². The quantitative estimate of drug-likeness (QED) is 0.831. The summed E-state index contributed by atoms with van der Waals surface area (Å²) < 4.78 is 39.5. The average Bonchev–Trinajstić information content (AvgIpc) is 2.17. The summed E-state index contributed by atoms with van der Waals surface area (Å²) >= 11 is 5.00. The highest BCUT2D eigenvalue weighted by molar-refractivity contribution is 7.80. The van der Waals surface area contributed by atoms with Gasteiger partial charge in [0.25, 0.3) is 0 Å². The first-order valence-corrected chi connectivity index (χ1v) is 5.60. The van der Waals surface area contributed by atoms with Crippen molar-refractivity contribution < 1.29 is 17.9 Å². The lowest BCUT2D eigenvalue weighted by Gasteiger charge is -2.13. The molecule has 1 aromatic carbocycles. The van der Waals surface area contributed by atoms with Gasteiger partial charge in [0.1, 0.15) is 5.75 Å². The molecule has 1 aromatic rings. The van der Waals surface area contributed by atoms with Crippen LogP contribution in [0.5, 0.6) is 5.75 Å². The molecule has 0 heterocycles. The van der Waals surface area contributed by atoms with Crippen molar-refractivity contribution >= 4 is 23.0 Å². The zero-order valence-corrected chi connectivity index (χ0v) is 10.7. The van der Waals surface area contributed by atoms with Gasteiger partial charge in [-0.25, -0.2) is 0 Å². The van der Waals surface area contributed by atoms with Gasteiger partial charge >= 0.3 is 6.36 Å². The fourth-order valence-corrected chi connectivity index (χ4v) is 1.52. The maximum Gasteiger partial charge on any atom is 0.573 e. The molecule has 0 radical (unpaired) electrons. The summed E-state index contributed by atoms with van der Waals surface area (Å²) in [6, 6.07) is 5.52. The van der Waals surface area contributed by atoms with Gasteiger partial charge in [0.05, 0.1) is 0 Å². The van der Waals surface area contributed by atoms with E-state index in [2.05, 4.69) is 15.4 Å². The minimum Gasteiger partial charge on any atom is -0.406 e. The average molecular weight is 278 g/mol. The van der Waals surface area contributed by atoms with Crippen molar-refractivity contribution in [1.82, 2.24) is 5.32 Å². The molecule has 1 rings (SSSR count). The zero-order valence-electron chi connectivity index (χ0n) is 9.84. The van der Waals surface area contributed by atoms with Crippen LogP contribution in [0.4, 0.5) is 18.9 Å². The molecule has 0 saturated heterocycles. The van der Waals surface area contributed by atoms with Crippen LogP contribution in [-0.2, 0) is 0 Å². The summed E-state index contributed by atoms with van der Waals surface area (Å²) in [5, 5.41) is 6.21. The van der Waals surface area contributed by atoms with Crippen LogP contribution in [0.1, 0.15) is 13.8 Å². The Morgan fingerprint density at radius 1 is 1.22 bits per heavy atom. The van der Waals surface area contributed by atoms with Gasteiger partial charge in [-0.3, -0.25) is 0 Å². The monoisotopic (exact) mass is 278 g/mol. The third-order valence-electron chi connectivity index (χ3n) is 1.77.